The lowest BCUT2D eigenvalue weighted by atomic mass is 10.1. The molecule has 0 aromatic heterocycles. The highest BCUT2D eigenvalue weighted by atomic mass is 79.9. The predicted octanol–water partition coefficient (Wildman–Crippen LogP) is 4.01. The zero-order valence-corrected chi connectivity index (χ0v) is 12.4. The quantitative estimate of drug-likeness (QED) is 0.797. The van der Waals surface area contributed by atoms with Gasteiger partial charge in [-0.1, -0.05) is 15.9 Å². The Bertz CT molecular complexity index is 711. The van der Waals surface area contributed by atoms with Gasteiger partial charge in [0.05, 0.1) is 0 Å². The minimum atomic E-state index is -1.19. The molecule has 0 radical (unpaired) electrons. The molecule has 0 aliphatic heterocycles. The molecule has 7 heteroatoms. The average Bonchev–Trinajstić information content (AvgIpc) is 2.37. The van der Waals surface area contributed by atoms with Crippen LogP contribution in [-0.2, 0) is 0 Å². The smallest absolute Gasteiger partial charge is 0.256 e. The first-order valence-electron chi connectivity index (χ1n) is 5.81. The normalized spacial score (nSPS) is 10.5. The van der Waals surface area contributed by atoms with Crippen LogP contribution in [0.4, 0.5) is 24.5 Å². The molecule has 110 valence electrons. The first kappa shape index (κ1) is 15.4. The first-order chi connectivity index (χ1) is 9.79. The van der Waals surface area contributed by atoms with Crippen molar-refractivity contribution in [1.82, 2.24) is 0 Å². The highest BCUT2D eigenvalue weighted by molar-refractivity contribution is 9.10. The van der Waals surface area contributed by atoms with E-state index in [-0.39, 0.29) is 5.56 Å². The minimum Gasteiger partial charge on any atom is -0.398 e. The maximum atomic E-state index is 13.5. The molecule has 0 atom stereocenters. The van der Waals surface area contributed by atoms with E-state index in [1.165, 1.54) is 6.07 Å². The summed E-state index contributed by atoms with van der Waals surface area (Å²) < 4.78 is 40.4. The third kappa shape index (κ3) is 3.18. The number of nitrogen functional groups attached to an aromatic ring is 1. The zero-order valence-electron chi connectivity index (χ0n) is 10.8. The highest BCUT2D eigenvalue weighted by Gasteiger charge is 2.18. The van der Waals surface area contributed by atoms with Crippen LogP contribution in [-0.4, -0.2) is 5.91 Å². The molecular formula is C14H10BrF3N2O. The van der Waals surface area contributed by atoms with E-state index >= 15 is 0 Å². The number of carbonyl (C=O) groups is 1. The molecule has 0 spiro atoms. The number of nitrogens with two attached hydrogens (primary N) is 1. The second-order valence-corrected chi connectivity index (χ2v) is 5.28. The van der Waals surface area contributed by atoms with Crippen LogP contribution in [0.25, 0.3) is 0 Å². The lowest BCUT2D eigenvalue weighted by Gasteiger charge is -2.11. The third-order valence-electron chi connectivity index (χ3n) is 2.90. The van der Waals surface area contributed by atoms with E-state index in [1.807, 2.05) is 0 Å². The Morgan fingerprint density at radius 1 is 1.14 bits per heavy atom. The van der Waals surface area contributed by atoms with Crippen molar-refractivity contribution in [2.45, 2.75) is 6.92 Å². The van der Waals surface area contributed by atoms with Gasteiger partial charge in [-0.25, -0.2) is 13.2 Å². The van der Waals surface area contributed by atoms with Crippen LogP contribution >= 0.6 is 15.9 Å². The number of rotatable bonds is 2. The molecule has 0 bridgehead atoms. The van der Waals surface area contributed by atoms with Crippen LogP contribution < -0.4 is 11.1 Å². The van der Waals surface area contributed by atoms with Crippen LogP contribution in [0, 0.1) is 24.4 Å². The lowest BCUT2D eigenvalue weighted by Crippen LogP contribution is -2.16. The molecule has 0 saturated carbocycles. The van der Waals surface area contributed by atoms with Gasteiger partial charge in [-0.3, -0.25) is 4.79 Å². The van der Waals surface area contributed by atoms with Crippen LogP contribution in [0.5, 0.6) is 0 Å². The van der Waals surface area contributed by atoms with E-state index in [9.17, 15) is 18.0 Å². The van der Waals surface area contributed by atoms with Gasteiger partial charge in [-0.2, -0.15) is 0 Å². The predicted molar refractivity (Wildman–Crippen MR) is 77.6 cm³/mol. The highest BCUT2D eigenvalue weighted by Crippen LogP contribution is 2.25. The fraction of sp³-hybridized carbons (Fsp3) is 0.0714. The summed E-state index contributed by atoms with van der Waals surface area (Å²) in [5.41, 5.74) is 6.00. The average molecular weight is 359 g/mol. The fourth-order valence-electron chi connectivity index (χ4n) is 1.78. The van der Waals surface area contributed by atoms with Gasteiger partial charge in [-0.15, -0.1) is 0 Å². The third-order valence-corrected chi connectivity index (χ3v) is 3.36. The summed E-state index contributed by atoms with van der Waals surface area (Å²) >= 11 is 3.18. The Morgan fingerprint density at radius 3 is 2.29 bits per heavy atom. The summed E-state index contributed by atoms with van der Waals surface area (Å²) in [7, 11) is 0. The Kier molecular flexibility index (Phi) is 4.22. The summed E-state index contributed by atoms with van der Waals surface area (Å²) in [4.78, 5) is 12.1. The number of anilines is 2. The Hall–Kier alpha value is -2.02. The number of hydrogen-bond donors (Lipinski definition) is 2. The van der Waals surface area contributed by atoms with E-state index in [0.717, 1.165) is 0 Å². The van der Waals surface area contributed by atoms with Gasteiger partial charge in [0.25, 0.3) is 5.91 Å². The minimum absolute atomic E-state index is 0.157. The molecule has 0 heterocycles. The monoisotopic (exact) mass is 358 g/mol. The maximum Gasteiger partial charge on any atom is 0.256 e. The van der Waals surface area contributed by atoms with Crippen molar-refractivity contribution in [3.63, 3.8) is 0 Å². The van der Waals surface area contributed by atoms with Gasteiger partial charge < -0.3 is 11.1 Å². The van der Waals surface area contributed by atoms with E-state index in [4.69, 9.17) is 5.73 Å². The summed E-state index contributed by atoms with van der Waals surface area (Å²) in [6.07, 6.45) is 0. The van der Waals surface area contributed by atoms with Gasteiger partial charge in [0.15, 0.2) is 11.6 Å². The maximum absolute atomic E-state index is 13.5. The van der Waals surface area contributed by atoms with E-state index < -0.39 is 29.0 Å². The Labute approximate surface area is 127 Å². The van der Waals surface area contributed by atoms with E-state index in [0.29, 0.717) is 27.9 Å². The van der Waals surface area contributed by atoms with Crippen molar-refractivity contribution in [3.8, 4) is 0 Å². The lowest BCUT2D eigenvalue weighted by molar-refractivity contribution is 0.102. The second-order valence-electron chi connectivity index (χ2n) is 4.37. The molecule has 2 aromatic carbocycles. The number of amides is 1. The van der Waals surface area contributed by atoms with Gasteiger partial charge in [0, 0.05) is 27.9 Å². The molecule has 0 aliphatic rings. The molecule has 0 fully saturated rings. The number of nitrogens with one attached hydrogen (secondary N) is 1. The number of hydrogen-bond acceptors (Lipinski definition) is 2. The van der Waals surface area contributed by atoms with Crippen molar-refractivity contribution in [2.24, 2.45) is 0 Å². The van der Waals surface area contributed by atoms with Crippen molar-refractivity contribution < 1.29 is 18.0 Å². The van der Waals surface area contributed by atoms with Gasteiger partial charge in [0.1, 0.15) is 11.5 Å². The van der Waals surface area contributed by atoms with Crippen molar-refractivity contribution >= 4 is 33.2 Å². The summed E-state index contributed by atoms with van der Waals surface area (Å²) in [5.74, 6) is -4.20. The molecule has 2 rings (SSSR count). The molecular weight excluding hydrogens is 349 g/mol. The second kappa shape index (κ2) is 5.77. The van der Waals surface area contributed by atoms with Gasteiger partial charge in [0.2, 0.25) is 0 Å². The topological polar surface area (TPSA) is 55.1 Å². The summed E-state index contributed by atoms with van der Waals surface area (Å²) in [6, 6.07) is 4.05. The number of benzene rings is 2. The van der Waals surface area contributed by atoms with E-state index in [1.54, 1.807) is 13.0 Å². The summed E-state index contributed by atoms with van der Waals surface area (Å²) in [6.45, 7) is 1.61. The Morgan fingerprint density at radius 2 is 1.71 bits per heavy atom. The molecule has 3 nitrogen and oxygen atoms in total. The number of carbonyl (C=O) groups excluding carboxylic acids is 1. The molecule has 3 N–H and O–H groups in total. The van der Waals surface area contributed by atoms with Crippen LogP contribution in [0.3, 0.4) is 0 Å². The van der Waals surface area contributed by atoms with Crippen LogP contribution in [0.1, 0.15) is 15.9 Å². The molecule has 2 aromatic rings. The standard InChI is InChI=1S/C14H10BrF3N2O/c1-6-9(2-7(15)3-12(6)19)14(21)20-13-10(17)4-8(16)5-11(13)18/h2-5H,19H2,1H3,(H,20,21). The zero-order chi connectivity index (χ0) is 15.7. The largest absolute Gasteiger partial charge is 0.398 e. The molecule has 21 heavy (non-hydrogen) atoms. The molecule has 0 saturated heterocycles. The van der Waals surface area contributed by atoms with Crippen molar-refractivity contribution in [3.05, 3.63) is 57.3 Å². The van der Waals surface area contributed by atoms with Gasteiger partial charge in [-0.05, 0) is 24.6 Å². The fourth-order valence-corrected chi connectivity index (χ4v) is 2.25. The molecule has 1 amide bonds. The summed E-state index contributed by atoms with van der Waals surface area (Å²) in [5, 5.41) is 2.09. The van der Waals surface area contributed by atoms with Gasteiger partial charge >= 0.3 is 0 Å². The van der Waals surface area contributed by atoms with E-state index in [2.05, 4.69) is 21.2 Å². The van der Waals surface area contributed by atoms with Crippen LogP contribution in [0.15, 0.2) is 28.7 Å². The molecule has 0 unspecified atom stereocenters. The van der Waals surface area contributed by atoms with Crippen molar-refractivity contribution in [1.29, 1.82) is 0 Å². The molecule has 0 aliphatic carbocycles. The van der Waals surface area contributed by atoms with Crippen LogP contribution in [0.2, 0.25) is 0 Å². The van der Waals surface area contributed by atoms with Crippen molar-refractivity contribution in [2.75, 3.05) is 11.1 Å². The Balaban J connectivity index is 2.40. The first-order valence-corrected chi connectivity index (χ1v) is 6.60. The number of halogens is 4. The SMILES string of the molecule is Cc1c(N)cc(Br)cc1C(=O)Nc1c(F)cc(F)cc1F.